The van der Waals surface area contributed by atoms with E-state index in [1.54, 1.807) is 10.7 Å². The molecule has 0 amide bonds. The molecule has 8 nitrogen and oxygen atoms in total. The van der Waals surface area contributed by atoms with E-state index in [2.05, 4.69) is 37.3 Å². The molecule has 1 saturated carbocycles. The van der Waals surface area contributed by atoms with Gasteiger partial charge in [-0.1, -0.05) is 0 Å². The van der Waals surface area contributed by atoms with Crippen LogP contribution in [0.5, 0.6) is 0 Å². The van der Waals surface area contributed by atoms with Crippen LogP contribution in [0.1, 0.15) is 32.6 Å². The molecule has 0 spiro atoms. The molecule has 5 rings (SSSR count). The van der Waals surface area contributed by atoms with Crippen molar-refractivity contribution in [3.8, 4) is 11.3 Å². The molecular weight excluding hydrogens is 354 g/mol. The van der Waals surface area contributed by atoms with Gasteiger partial charge in [0.05, 0.1) is 18.0 Å². The molecule has 0 saturated heterocycles. The van der Waals surface area contributed by atoms with Gasteiger partial charge in [0.1, 0.15) is 5.65 Å². The number of nitrogens with one attached hydrogen (secondary N) is 2. The lowest BCUT2D eigenvalue weighted by atomic mass is 9.93. The first-order valence-electron chi connectivity index (χ1n) is 9.83. The fourth-order valence-electron chi connectivity index (χ4n) is 3.94. The van der Waals surface area contributed by atoms with Crippen LogP contribution in [0, 0.1) is 0 Å². The van der Waals surface area contributed by atoms with Crippen LogP contribution in [0.25, 0.3) is 27.9 Å². The summed E-state index contributed by atoms with van der Waals surface area (Å²) in [5.41, 5.74) is 3.49. The number of anilines is 1. The van der Waals surface area contributed by atoms with E-state index in [1.165, 1.54) is 0 Å². The Labute approximate surface area is 162 Å². The summed E-state index contributed by atoms with van der Waals surface area (Å²) >= 11 is 0. The second-order valence-corrected chi connectivity index (χ2v) is 7.18. The van der Waals surface area contributed by atoms with Gasteiger partial charge in [-0.25, -0.2) is 14.5 Å². The summed E-state index contributed by atoms with van der Waals surface area (Å²) in [7, 11) is 0. The monoisotopic (exact) mass is 377 g/mol. The Morgan fingerprint density at radius 2 is 2.11 bits per heavy atom. The van der Waals surface area contributed by atoms with Crippen LogP contribution in [-0.4, -0.2) is 48.3 Å². The van der Waals surface area contributed by atoms with Crippen LogP contribution in [0.2, 0.25) is 0 Å². The average Bonchev–Trinajstić information content (AvgIpc) is 3.35. The third kappa shape index (κ3) is 3.20. The fraction of sp³-hybridized carbons (Fsp3) is 0.400. The summed E-state index contributed by atoms with van der Waals surface area (Å²) in [6.07, 6.45) is 12.2. The second kappa shape index (κ2) is 7.20. The van der Waals surface area contributed by atoms with Gasteiger partial charge >= 0.3 is 0 Å². The van der Waals surface area contributed by atoms with Crippen LogP contribution in [-0.2, 0) is 4.74 Å². The van der Waals surface area contributed by atoms with E-state index < -0.39 is 0 Å². The largest absolute Gasteiger partial charge is 0.379 e. The molecular formula is C20H23N7O. The van der Waals surface area contributed by atoms with E-state index in [1.807, 2.05) is 30.7 Å². The number of ether oxygens (including phenoxy) is 1. The molecule has 2 N–H and O–H groups in total. The van der Waals surface area contributed by atoms with Crippen molar-refractivity contribution in [2.45, 2.75) is 44.8 Å². The molecule has 0 bridgehead atoms. The van der Waals surface area contributed by atoms with Gasteiger partial charge in [-0.2, -0.15) is 10.1 Å². The van der Waals surface area contributed by atoms with Gasteiger partial charge in [-0.3, -0.25) is 0 Å². The number of hydrogen-bond donors (Lipinski definition) is 2. The van der Waals surface area contributed by atoms with Gasteiger partial charge in [0.15, 0.2) is 5.65 Å². The molecule has 8 heteroatoms. The zero-order chi connectivity index (χ0) is 18.9. The maximum absolute atomic E-state index is 5.73. The fourth-order valence-corrected chi connectivity index (χ4v) is 3.94. The van der Waals surface area contributed by atoms with Crippen molar-refractivity contribution in [2.75, 3.05) is 11.9 Å². The van der Waals surface area contributed by atoms with Gasteiger partial charge in [-0.15, -0.1) is 0 Å². The van der Waals surface area contributed by atoms with Crippen molar-refractivity contribution in [3.63, 3.8) is 0 Å². The molecule has 4 aromatic heterocycles. The first-order valence-corrected chi connectivity index (χ1v) is 9.83. The molecule has 4 aromatic rings. The van der Waals surface area contributed by atoms with Crippen LogP contribution in [0.15, 0.2) is 36.9 Å². The van der Waals surface area contributed by atoms with Crippen molar-refractivity contribution >= 4 is 22.6 Å². The Hall–Kier alpha value is -3.00. The highest BCUT2D eigenvalue weighted by Crippen LogP contribution is 2.28. The van der Waals surface area contributed by atoms with Crippen molar-refractivity contribution in [1.82, 2.24) is 29.5 Å². The van der Waals surface area contributed by atoms with Crippen molar-refractivity contribution in [2.24, 2.45) is 0 Å². The minimum atomic E-state index is 0.398. The molecule has 0 atom stereocenters. The topological polar surface area (TPSA) is 93.0 Å². The number of hydrogen-bond acceptors (Lipinski definition) is 6. The summed E-state index contributed by atoms with van der Waals surface area (Å²) in [4.78, 5) is 17.1. The highest BCUT2D eigenvalue weighted by molar-refractivity contribution is 5.92. The molecule has 0 aliphatic heterocycles. The summed E-state index contributed by atoms with van der Waals surface area (Å²) in [6, 6.07) is 4.23. The molecule has 0 aromatic carbocycles. The van der Waals surface area contributed by atoms with E-state index >= 15 is 0 Å². The van der Waals surface area contributed by atoms with Gasteiger partial charge in [0.25, 0.3) is 0 Å². The number of H-pyrrole nitrogens is 1. The number of fused-ring (bicyclic) bond motifs is 2. The highest BCUT2D eigenvalue weighted by Gasteiger charge is 2.22. The van der Waals surface area contributed by atoms with Crippen LogP contribution >= 0.6 is 0 Å². The SMILES string of the molecule is CCOC1CCC(Nc2ncc3c(-c4ccn5nccc5n4)c[nH]c3n2)CC1. The molecule has 1 fully saturated rings. The Balaban J connectivity index is 1.35. The van der Waals surface area contributed by atoms with Gasteiger partial charge in [0, 0.05) is 48.3 Å². The van der Waals surface area contributed by atoms with Gasteiger partial charge < -0.3 is 15.0 Å². The lowest BCUT2D eigenvalue weighted by Gasteiger charge is -2.28. The first-order chi connectivity index (χ1) is 13.8. The van der Waals surface area contributed by atoms with Crippen LogP contribution in [0.4, 0.5) is 5.95 Å². The average molecular weight is 377 g/mol. The maximum atomic E-state index is 5.73. The highest BCUT2D eigenvalue weighted by atomic mass is 16.5. The summed E-state index contributed by atoms with van der Waals surface area (Å²) in [5.74, 6) is 0.667. The predicted molar refractivity (Wildman–Crippen MR) is 107 cm³/mol. The van der Waals surface area contributed by atoms with E-state index in [0.29, 0.717) is 18.1 Å². The molecule has 1 aliphatic carbocycles. The smallest absolute Gasteiger partial charge is 0.224 e. The quantitative estimate of drug-likeness (QED) is 0.553. The molecule has 0 unspecified atom stereocenters. The molecule has 144 valence electrons. The number of nitrogens with zero attached hydrogens (tertiary/aromatic N) is 5. The van der Waals surface area contributed by atoms with Crippen molar-refractivity contribution in [3.05, 3.63) is 36.9 Å². The van der Waals surface area contributed by atoms with E-state index in [-0.39, 0.29) is 0 Å². The Morgan fingerprint density at radius 1 is 1.21 bits per heavy atom. The third-order valence-corrected chi connectivity index (χ3v) is 5.38. The molecule has 0 radical (unpaired) electrons. The van der Waals surface area contributed by atoms with E-state index in [4.69, 9.17) is 4.74 Å². The lowest BCUT2D eigenvalue weighted by molar-refractivity contribution is 0.0346. The summed E-state index contributed by atoms with van der Waals surface area (Å²) in [5, 5.41) is 8.63. The Kier molecular flexibility index (Phi) is 4.40. The molecule has 28 heavy (non-hydrogen) atoms. The van der Waals surface area contributed by atoms with Gasteiger partial charge in [-0.05, 0) is 38.7 Å². The van der Waals surface area contributed by atoms with Crippen molar-refractivity contribution in [1.29, 1.82) is 0 Å². The minimum absolute atomic E-state index is 0.398. The van der Waals surface area contributed by atoms with Gasteiger partial charge in [0.2, 0.25) is 5.95 Å². The standard InChI is InChI=1S/C20H23N7O/c1-2-28-14-5-3-13(4-6-14)24-20-22-12-16-15(11-21-19(16)26-20)17-8-10-27-18(25-17)7-9-23-27/h7-14H,2-6H2,1H3,(H2,21,22,24,26). The minimum Gasteiger partial charge on any atom is -0.379 e. The molecule has 4 heterocycles. The Bertz CT molecular complexity index is 1090. The normalized spacial score (nSPS) is 20.0. The third-order valence-electron chi connectivity index (χ3n) is 5.38. The lowest BCUT2D eigenvalue weighted by Crippen LogP contribution is -2.30. The molecule has 1 aliphatic rings. The number of aromatic amines is 1. The predicted octanol–water partition coefficient (Wildman–Crippen LogP) is 3.43. The Morgan fingerprint density at radius 3 is 2.96 bits per heavy atom. The zero-order valence-electron chi connectivity index (χ0n) is 15.8. The summed E-state index contributed by atoms with van der Waals surface area (Å²) < 4.78 is 7.48. The van der Waals surface area contributed by atoms with Crippen LogP contribution < -0.4 is 5.32 Å². The second-order valence-electron chi connectivity index (χ2n) is 7.18. The summed E-state index contributed by atoms with van der Waals surface area (Å²) in [6.45, 7) is 2.85. The van der Waals surface area contributed by atoms with E-state index in [0.717, 1.165) is 60.2 Å². The number of rotatable bonds is 5. The first kappa shape index (κ1) is 17.1. The number of aromatic nitrogens is 6. The zero-order valence-corrected chi connectivity index (χ0v) is 15.8. The van der Waals surface area contributed by atoms with Crippen molar-refractivity contribution < 1.29 is 4.74 Å². The maximum Gasteiger partial charge on any atom is 0.224 e. The van der Waals surface area contributed by atoms with Crippen LogP contribution in [0.3, 0.4) is 0 Å². The van der Waals surface area contributed by atoms with E-state index in [9.17, 15) is 0 Å².